The Kier molecular flexibility index (Phi) is 6.42. The van der Waals surface area contributed by atoms with Crippen LogP contribution in [0.1, 0.15) is 48.6 Å². The van der Waals surface area contributed by atoms with Crippen LogP contribution in [0.2, 0.25) is 0 Å². The van der Waals surface area contributed by atoms with Crippen LogP contribution in [0.4, 0.5) is 4.79 Å². The highest BCUT2D eigenvalue weighted by atomic mass is 32.2. The lowest BCUT2D eigenvalue weighted by Crippen LogP contribution is -2.45. The van der Waals surface area contributed by atoms with Gasteiger partial charge in [0.15, 0.2) is 0 Å². The highest BCUT2D eigenvalue weighted by Crippen LogP contribution is 2.38. The van der Waals surface area contributed by atoms with Gasteiger partial charge in [0, 0.05) is 18.3 Å². The van der Waals surface area contributed by atoms with Crippen molar-refractivity contribution in [2.75, 3.05) is 12.3 Å². The number of rotatable bonds is 5. The lowest BCUT2D eigenvalue weighted by molar-refractivity contribution is 0.192. The molecule has 4 nitrogen and oxygen atoms in total. The summed E-state index contributed by atoms with van der Waals surface area (Å²) in [5, 5.41) is 3.35. The highest BCUT2D eigenvalue weighted by molar-refractivity contribution is 7.99. The second kappa shape index (κ2) is 9.37. The molecule has 5 heteroatoms. The van der Waals surface area contributed by atoms with Gasteiger partial charge >= 0.3 is 6.03 Å². The van der Waals surface area contributed by atoms with Crippen LogP contribution in [-0.2, 0) is 6.61 Å². The number of thioether (sulfide) groups is 1. The summed E-state index contributed by atoms with van der Waals surface area (Å²) >= 11 is 1.83. The molecule has 1 N–H and O–H groups in total. The molecule has 2 fully saturated rings. The molecule has 1 aliphatic carbocycles. The Morgan fingerprint density at radius 1 is 1.04 bits per heavy atom. The summed E-state index contributed by atoms with van der Waals surface area (Å²) in [7, 11) is 0. The van der Waals surface area contributed by atoms with Gasteiger partial charge in [0.2, 0.25) is 0 Å². The molecule has 0 aromatic heterocycles. The minimum Gasteiger partial charge on any atom is -0.489 e. The van der Waals surface area contributed by atoms with Crippen LogP contribution in [0.5, 0.6) is 5.75 Å². The van der Waals surface area contributed by atoms with E-state index in [0.717, 1.165) is 42.0 Å². The number of nitrogens with zero attached hydrogens (tertiary/aromatic N) is 1. The predicted molar refractivity (Wildman–Crippen MR) is 115 cm³/mol. The maximum Gasteiger partial charge on any atom is 0.318 e. The monoisotopic (exact) mass is 396 g/mol. The van der Waals surface area contributed by atoms with Gasteiger partial charge in [0.1, 0.15) is 17.7 Å². The Balaban J connectivity index is 1.35. The first kappa shape index (κ1) is 19.2. The Hall–Kier alpha value is -2.14. The lowest BCUT2D eigenvalue weighted by Gasteiger charge is -2.29. The van der Waals surface area contributed by atoms with Crippen LogP contribution in [0.25, 0.3) is 0 Å². The van der Waals surface area contributed by atoms with Crippen LogP contribution in [-0.4, -0.2) is 29.3 Å². The largest absolute Gasteiger partial charge is 0.489 e. The zero-order valence-electron chi connectivity index (χ0n) is 16.2. The number of hydrogen-bond acceptors (Lipinski definition) is 3. The molecule has 1 atom stereocenters. The Morgan fingerprint density at radius 3 is 2.54 bits per heavy atom. The van der Waals surface area contributed by atoms with Crippen LogP contribution in [0.3, 0.4) is 0 Å². The van der Waals surface area contributed by atoms with Gasteiger partial charge in [0.25, 0.3) is 0 Å². The van der Waals surface area contributed by atoms with Crippen molar-refractivity contribution in [1.29, 1.82) is 0 Å². The molecule has 1 heterocycles. The van der Waals surface area contributed by atoms with Gasteiger partial charge in [0.05, 0.1) is 0 Å². The number of nitrogens with one attached hydrogen (secondary N) is 1. The fraction of sp³-hybridized carbons (Fsp3) is 0.435. The summed E-state index contributed by atoms with van der Waals surface area (Å²) < 4.78 is 5.88. The van der Waals surface area contributed by atoms with Gasteiger partial charge in [-0.3, -0.25) is 0 Å². The van der Waals surface area contributed by atoms with Crippen molar-refractivity contribution in [2.45, 2.75) is 50.1 Å². The minimum absolute atomic E-state index is 0.0892. The standard InChI is InChI=1S/C23H28N2O2S/c26-23(24-20-9-5-2-6-10-20)25-15-16-28-22(25)19-11-13-21(14-12-19)27-17-18-7-3-1-4-8-18/h1,3-4,7-8,11-14,20,22H,2,5-6,9-10,15-17H2,(H,24,26). The van der Waals surface area contributed by atoms with Crippen molar-refractivity contribution in [2.24, 2.45) is 0 Å². The molecule has 2 aromatic carbocycles. The molecule has 0 spiro atoms. The number of urea groups is 1. The summed E-state index contributed by atoms with van der Waals surface area (Å²) in [6, 6.07) is 18.8. The Bertz CT molecular complexity index is 760. The Labute approximate surface area is 171 Å². The summed E-state index contributed by atoms with van der Waals surface area (Å²) in [5.41, 5.74) is 2.32. The van der Waals surface area contributed by atoms with E-state index >= 15 is 0 Å². The summed E-state index contributed by atoms with van der Waals surface area (Å²) in [6.07, 6.45) is 5.99. The van der Waals surface area contributed by atoms with Crippen LogP contribution in [0, 0.1) is 0 Å². The number of benzene rings is 2. The molecule has 0 bridgehead atoms. The first-order valence-electron chi connectivity index (χ1n) is 10.2. The van der Waals surface area contributed by atoms with Crippen molar-refractivity contribution in [3.8, 4) is 5.75 Å². The molecule has 0 radical (unpaired) electrons. The maximum atomic E-state index is 12.8. The number of carbonyl (C=O) groups excluding carboxylic acids is 1. The van der Waals surface area contributed by atoms with Crippen molar-refractivity contribution in [1.82, 2.24) is 10.2 Å². The van der Waals surface area contributed by atoms with Crippen molar-refractivity contribution < 1.29 is 9.53 Å². The van der Waals surface area contributed by atoms with E-state index in [1.807, 2.05) is 47.0 Å². The molecule has 2 aliphatic rings. The van der Waals surface area contributed by atoms with Crippen molar-refractivity contribution in [3.05, 3.63) is 65.7 Å². The number of carbonyl (C=O) groups is 1. The second-order valence-electron chi connectivity index (χ2n) is 7.54. The maximum absolute atomic E-state index is 12.8. The van der Waals surface area contributed by atoms with E-state index in [9.17, 15) is 4.79 Å². The molecule has 2 amide bonds. The smallest absolute Gasteiger partial charge is 0.318 e. The zero-order valence-corrected chi connectivity index (χ0v) is 17.0. The molecule has 4 rings (SSSR count). The predicted octanol–water partition coefficient (Wildman–Crippen LogP) is 5.36. The van der Waals surface area contributed by atoms with Gasteiger partial charge in [-0.2, -0.15) is 0 Å². The van der Waals surface area contributed by atoms with Gasteiger partial charge in [-0.15, -0.1) is 11.8 Å². The average molecular weight is 397 g/mol. The molecule has 28 heavy (non-hydrogen) atoms. The van der Waals surface area contributed by atoms with Gasteiger partial charge in [-0.05, 0) is 36.1 Å². The molecular weight excluding hydrogens is 368 g/mol. The van der Waals surface area contributed by atoms with E-state index in [2.05, 4.69) is 29.6 Å². The van der Waals surface area contributed by atoms with E-state index in [0.29, 0.717) is 12.6 Å². The SMILES string of the molecule is O=C(NC1CCCCC1)N1CCSC1c1ccc(OCc2ccccc2)cc1. The fourth-order valence-corrected chi connectivity index (χ4v) is 5.18. The van der Waals surface area contributed by atoms with Crippen LogP contribution < -0.4 is 10.1 Å². The number of hydrogen-bond donors (Lipinski definition) is 1. The summed E-state index contributed by atoms with van der Waals surface area (Å²) in [4.78, 5) is 14.8. The Morgan fingerprint density at radius 2 is 1.79 bits per heavy atom. The van der Waals surface area contributed by atoms with E-state index in [1.54, 1.807) is 0 Å². The fourth-order valence-electron chi connectivity index (χ4n) is 3.93. The first-order chi connectivity index (χ1) is 13.8. The van der Waals surface area contributed by atoms with Gasteiger partial charge < -0.3 is 15.0 Å². The normalized spacial score (nSPS) is 20.1. The second-order valence-corrected chi connectivity index (χ2v) is 8.73. The third kappa shape index (κ3) is 4.82. The molecule has 1 aliphatic heterocycles. The molecule has 148 valence electrons. The van der Waals surface area contributed by atoms with Crippen molar-refractivity contribution in [3.63, 3.8) is 0 Å². The third-order valence-corrected chi connectivity index (χ3v) is 6.76. The van der Waals surface area contributed by atoms with Gasteiger partial charge in [-0.1, -0.05) is 61.7 Å². The molecular formula is C23H28N2O2S. The molecule has 1 unspecified atom stereocenters. The summed E-state index contributed by atoms with van der Waals surface area (Å²) in [6.45, 7) is 1.37. The molecule has 1 saturated carbocycles. The van der Waals surface area contributed by atoms with E-state index in [1.165, 1.54) is 19.3 Å². The minimum atomic E-state index is 0.0892. The number of ether oxygens (including phenoxy) is 1. The van der Waals surface area contributed by atoms with Crippen LogP contribution in [0.15, 0.2) is 54.6 Å². The first-order valence-corrected chi connectivity index (χ1v) is 11.3. The molecule has 1 saturated heterocycles. The average Bonchev–Trinajstić information content (AvgIpc) is 3.24. The lowest BCUT2D eigenvalue weighted by atomic mass is 9.96. The van der Waals surface area contributed by atoms with Crippen molar-refractivity contribution >= 4 is 17.8 Å². The number of amides is 2. The quantitative estimate of drug-likeness (QED) is 0.740. The van der Waals surface area contributed by atoms with Crippen LogP contribution >= 0.6 is 11.8 Å². The van der Waals surface area contributed by atoms with E-state index in [-0.39, 0.29) is 11.4 Å². The van der Waals surface area contributed by atoms with E-state index in [4.69, 9.17) is 4.74 Å². The highest BCUT2D eigenvalue weighted by Gasteiger charge is 2.31. The third-order valence-electron chi connectivity index (χ3n) is 5.50. The molecule has 2 aromatic rings. The van der Waals surface area contributed by atoms with Gasteiger partial charge in [-0.25, -0.2) is 4.79 Å². The summed E-state index contributed by atoms with van der Waals surface area (Å²) in [5.74, 6) is 1.84. The zero-order chi connectivity index (χ0) is 19.2. The van der Waals surface area contributed by atoms with E-state index < -0.39 is 0 Å². The topological polar surface area (TPSA) is 41.6 Å².